The zero-order chi connectivity index (χ0) is 29.7. The van der Waals surface area contributed by atoms with Gasteiger partial charge >= 0.3 is 4.87 Å². The second kappa shape index (κ2) is 11.2. The Hall–Kier alpha value is -3.67. The van der Waals surface area contributed by atoms with Crippen LogP contribution in [-0.4, -0.2) is 41.6 Å². The minimum Gasteiger partial charge on any atom is -0.378 e. The van der Waals surface area contributed by atoms with Gasteiger partial charge in [0.2, 0.25) is 17.7 Å². The van der Waals surface area contributed by atoms with Crippen LogP contribution in [-0.2, 0) is 20.9 Å². The van der Waals surface area contributed by atoms with Gasteiger partial charge in [-0.1, -0.05) is 63.3 Å². The van der Waals surface area contributed by atoms with Crippen molar-refractivity contribution >= 4 is 73.8 Å². The summed E-state index contributed by atoms with van der Waals surface area (Å²) in [7, 11) is 3.90. The maximum Gasteiger partial charge on any atom is 0.308 e. The summed E-state index contributed by atoms with van der Waals surface area (Å²) in [5, 5.41) is 2.69. The molecule has 1 aromatic heterocycles. The van der Waals surface area contributed by atoms with Gasteiger partial charge in [0.15, 0.2) is 0 Å². The average Bonchev–Trinajstić information content (AvgIpc) is 3.40. The van der Waals surface area contributed by atoms with E-state index in [9.17, 15) is 19.2 Å². The van der Waals surface area contributed by atoms with E-state index < -0.39 is 17.1 Å². The van der Waals surface area contributed by atoms with E-state index >= 15 is 0 Å². The SMILES string of the molecule is Cc1cccc(NC(=O)Cn2c3c(sc2=O)[C@@H](c2ccc(N(C)C)cc2)[C@@H]2C(=O)N(c4ccc(Br)cc4)C(=O)[C@@H]2S3)c1. The fourth-order valence-corrected chi connectivity index (χ4v) is 8.54. The monoisotopic (exact) mass is 662 g/mol. The summed E-state index contributed by atoms with van der Waals surface area (Å²) < 4.78 is 2.28. The number of thiazole rings is 1. The van der Waals surface area contributed by atoms with Crippen molar-refractivity contribution in [1.29, 1.82) is 0 Å². The Balaban J connectivity index is 1.41. The number of anilines is 3. The molecule has 2 aliphatic heterocycles. The number of aromatic nitrogens is 1. The van der Waals surface area contributed by atoms with Crippen molar-refractivity contribution in [2.45, 2.75) is 29.7 Å². The van der Waals surface area contributed by atoms with Crippen molar-refractivity contribution in [3.8, 4) is 0 Å². The lowest BCUT2D eigenvalue weighted by Gasteiger charge is -2.31. The molecule has 3 atom stereocenters. The molecular weight excluding hydrogens is 636 g/mol. The molecule has 0 spiro atoms. The number of hydrogen-bond acceptors (Lipinski definition) is 7. The molecule has 0 bridgehead atoms. The highest BCUT2D eigenvalue weighted by molar-refractivity contribution is 9.10. The van der Waals surface area contributed by atoms with Crippen LogP contribution in [0.25, 0.3) is 0 Å². The Labute approximate surface area is 259 Å². The quantitative estimate of drug-likeness (QED) is 0.275. The molecule has 0 saturated carbocycles. The molecule has 3 amide bonds. The molecule has 1 N–H and O–H groups in total. The summed E-state index contributed by atoms with van der Waals surface area (Å²) in [5.74, 6) is -2.18. The van der Waals surface area contributed by atoms with Crippen LogP contribution < -0.4 is 20.0 Å². The fourth-order valence-electron chi connectivity index (χ4n) is 5.51. The molecule has 2 aliphatic rings. The molecule has 4 aromatic rings. The highest BCUT2D eigenvalue weighted by Crippen LogP contribution is 2.54. The van der Waals surface area contributed by atoms with Gasteiger partial charge in [-0.2, -0.15) is 0 Å². The standard InChI is InChI=1S/C31H27BrN4O4S2/c1-17-5-4-6-20(15-17)33-23(37)16-35-30-27(42-31(35)40)24(18-7-11-21(12-8-18)34(2)3)25-26(41-30)29(39)36(28(25)38)22-13-9-19(32)10-14-22/h4-15,24-26H,16H2,1-3H3,(H,33,37)/t24-,25-,26+/m0/s1. The summed E-state index contributed by atoms with van der Waals surface area (Å²) in [6.07, 6.45) is 0. The number of hydrogen-bond donors (Lipinski definition) is 1. The highest BCUT2D eigenvalue weighted by Gasteiger charge is 2.56. The topological polar surface area (TPSA) is 91.7 Å². The highest BCUT2D eigenvalue weighted by atomic mass is 79.9. The van der Waals surface area contributed by atoms with Gasteiger partial charge in [-0.05, 0) is 66.6 Å². The first-order valence-corrected chi connectivity index (χ1v) is 15.8. The molecule has 8 nitrogen and oxygen atoms in total. The molecule has 3 heterocycles. The minimum atomic E-state index is -0.743. The number of imide groups is 1. The summed E-state index contributed by atoms with van der Waals surface area (Å²) >= 11 is 5.66. The van der Waals surface area contributed by atoms with Crippen molar-refractivity contribution in [3.63, 3.8) is 0 Å². The Morgan fingerprint density at radius 1 is 0.976 bits per heavy atom. The van der Waals surface area contributed by atoms with Crippen LogP contribution in [0.3, 0.4) is 0 Å². The number of nitrogens with zero attached hydrogens (tertiary/aromatic N) is 3. The van der Waals surface area contributed by atoms with E-state index in [1.807, 2.05) is 68.4 Å². The van der Waals surface area contributed by atoms with E-state index in [1.54, 1.807) is 30.3 Å². The van der Waals surface area contributed by atoms with E-state index in [1.165, 1.54) is 21.2 Å². The predicted octanol–water partition coefficient (Wildman–Crippen LogP) is 5.48. The number of benzene rings is 3. The molecule has 3 aromatic carbocycles. The number of aryl methyl sites for hydroxylation is 1. The van der Waals surface area contributed by atoms with Gasteiger partial charge in [-0.3, -0.25) is 23.7 Å². The van der Waals surface area contributed by atoms with Crippen molar-refractivity contribution in [1.82, 2.24) is 4.57 Å². The first-order chi connectivity index (χ1) is 20.1. The largest absolute Gasteiger partial charge is 0.378 e. The number of carbonyl (C=O) groups excluding carboxylic acids is 3. The molecule has 42 heavy (non-hydrogen) atoms. The smallest absolute Gasteiger partial charge is 0.308 e. The molecular formula is C31H27BrN4O4S2. The molecule has 0 radical (unpaired) electrons. The Bertz CT molecular complexity index is 1760. The van der Waals surface area contributed by atoms with Crippen molar-refractivity contribution in [3.05, 3.63) is 103 Å². The summed E-state index contributed by atoms with van der Waals surface area (Å²) in [4.78, 5) is 58.0. The van der Waals surface area contributed by atoms with E-state index in [0.29, 0.717) is 21.3 Å². The lowest BCUT2D eigenvalue weighted by molar-refractivity contribution is -0.122. The summed E-state index contributed by atoms with van der Waals surface area (Å²) in [5.41, 5.74) is 3.98. The average molecular weight is 664 g/mol. The summed E-state index contributed by atoms with van der Waals surface area (Å²) in [6, 6.07) is 22.4. The van der Waals surface area contributed by atoms with Crippen LogP contribution >= 0.6 is 39.0 Å². The van der Waals surface area contributed by atoms with Crippen molar-refractivity contribution in [2.75, 3.05) is 29.2 Å². The molecule has 1 saturated heterocycles. The lowest BCUT2D eigenvalue weighted by Crippen LogP contribution is -2.33. The molecule has 0 aliphatic carbocycles. The van der Waals surface area contributed by atoms with Gasteiger partial charge in [-0.25, -0.2) is 4.90 Å². The van der Waals surface area contributed by atoms with Crippen LogP contribution in [0.5, 0.6) is 0 Å². The number of fused-ring (bicyclic) bond motifs is 2. The van der Waals surface area contributed by atoms with Crippen molar-refractivity contribution in [2.24, 2.45) is 5.92 Å². The summed E-state index contributed by atoms with van der Waals surface area (Å²) in [6.45, 7) is 1.74. The van der Waals surface area contributed by atoms with Gasteiger partial charge in [0.1, 0.15) is 11.8 Å². The Kier molecular flexibility index (Phi) is 7.59. The molecule has 214 valence electrons. The zero-order valence-electron chi connectivity index (χ0n) is 23.0. The van der Waals surface area contributed by atoms with Gasteiger partial charge in [0.25, 0.3) is 0 Å². The van der Waals surface area contributed by atoms with Crippen molar-refractivity contribution < 1.29 is 14.4 Å². The van der Waals surface area contributed by atoms with Crippen LogP contribution in [0.2, 0.25) is 0 Å². The number of thioether (sulfide) groups is 1. The number of nitrogens with one attached hydrogen (secondary N) is 1. The maximum absolute atomic E-state index is 14.0. The Morgan fingerprint density at radius 2 is 1.69 bits per heavy atom. The van der Waals surface area contributed by atoms with Gasteiger partial charge in [0, 0.05) is 40.7 Å². The number of amides is 3. The van der Waals surface area contributed by atoms with Crippen LogP contribution in [0.1, 0.15) is 21.9 Å². The number of halogens is 1. The third kappa shape index (κ3) is 5.10. The maximum atomic E-state index is 14.0. The normalized spacial score (nSPS) is 19.4. The van der Waals surface area contributed by atoms with Crippen LogP contribution in [0.15, 0.2) is 87.1 Å². The third-order valence-corrected chi connectivity index (χ3v) is 10.6. The molecule has 0 unspecified atom stereocenters. The van der Waals surface area contributed by atoms with E-state index in [-0.39, 0.29) is 29.1 Å². The Morgan fingerprint density at radius 3 is 2.36 bits per heavy atom. The van der Waals surface area contributed by atoms with E-state index in [0.717, 1.165) is 32.6 Å². The van der Waals surface area contributed by atoms with Gasteiger partial charge in [-0.15, -0.1) is 0 Å². The fraction of sp³-hybridized carbons (Fsp3) is 0.226. The molecule has 11 heteroatoms. The first-order valence-electron chi connectivity index (χ1n) is 13.3. The van der Waals surface area contributed by atoms with Gasteiger partial charge < -0.3 is 10.2 Å². The number of rotatable bonds is 6. The second-order valence-corrected chi connectivity index (χ2v) is 13.6. The zero-order valence-corrected chi connectivity index (χ0v) is 26.3. The number of carbonyl (C=O) groups is 3. The minimum absolute atomic E-state index is 0.201. The molecule has 1 fully saturated rings. The predicted molar refractivity (Wildman–Crippen MR) is 171 cm³/mol. The van der Waals surface area contributed by atoms with Crippen LogP contribution in [0.4, 0.5) is 17.1 Å². The van der Waals surface area contributed by atoms with E-state index in [2.05, 4.69) is 21.2 Å². The molecule has 6 rings (SSSR count). The first kappa shape index (κ1) is 28.4. The second-order valence-electron chi connectivity index (χ2n) is 10.6. The third-order valence-electron chi connectivity index (χ3n) is 7.51. The van der Waals surface area contributed by atoms with E-state index in [4.69, 9.17) is 0 Å². The van der Waals surface area contributed by atoms with Crippen LogP contribution in [0, 0.1) is 12.8 Å². The lowest BCUT2D eigenvalue weighted by atomic mass is 9.83. The van der Waals surface area contributed by atoms with Gasteiger partial charge in [0.05, 0.1) is 16.6 Å².